The van der Waals surface area contributed by atoms with Crippen molar-refractivity contribution in [2.45, 2.75) is 17.1 Å². The number of hydrogen-bond donors (Lipinski definition) is 2. The van der Waals surface area contributed by atoms with E-state index in [0.717, 1.165) is 9.37 Å². The molecule has 1 heterocycles. The zero-order valence-electron chi connectivity index (χ0n) is 9.68. The first-order valence-electron chi connectivity index (χ1n) is 5.37. The molecule has 1 atom stereocenters. The van der Waals surface area contributed by atoms with Gasteiger partial charge in [0.25, 0.3) is 0 Å². The van der Waals surface area contributed by atoms with Crippen molar-refractivity contribution >= 4 is 39.4 Å². The van der Waals surface area contributed by atoms with Gasteiger partial charge in [0, 0.05) is 15.4 Å². The molecule has 0 fully saturated rings. The van der Waals surface area contributed by atoms with Gasteiger partial charge in [-0.15, -0.1) is 11.8 Å². The lowest BCUT2D eigenvalue weighted by molar-refractivity contribution is -0.115. The van der Waals surface area contributed by atoms with Crippen LogP contribution in [0.1, 0.15) is 6.92 Å². The lowest BCUT2D eigenvalue weighted by Crippen LogP contribution is -2.22. The molecular formula is C12H12BrN3OS. The Morgan fingerprint density at radius 3 is 2.72 bits per heavy atom. The number of anilines is 1. The molecule has 0 radical (unpaired) electrons. The van der Waals surface area contributed by atoms with Crippen LogP contribution in [0.3, 0.4) is 0 Å². The van der Waals surface area contributed by atoms with E-state index in [1.54, 1.807) is 12.3 Å². The van der Waals surface area contributed by atoms with Gasteiger partial charge in [0.2, 0.25) is 5.91 Å². The topological polar surface area (TPSA) is 57.8 Å². The van der Waals surface area contributed by atoms with Gasteiger partial charge in [0.05, 0.1) is 11.4 Å². The fourth-order valence-electron chi connectivity index (χ4n) is 1.33. The number of H-pyrrole nitrogens is 1. The average Bonchev–Trinajstić information content (AvgIpc) is 2.85. The monoisotopic (exact) mass is 325 g/mol. The molecule has 0 unspecified atom stereocenters. The predicted molar refractivity (Wildman–Crippen MR) is 76.7 cm³/mol. The van der Waals surface area contributed by atoms with Crippen LogP contribution in [-0.4, -0.2) is 21.4 Å². The number of carbonyl (C=O) groups is 1. The SMILES string of the molecule is C[C@H](Sc1ccc(Br)cc1)C(=O)Nc1ccn[nH]1. The van der Waals surface area contributed by atoms with Gasteiger partial charge in [-0.25, -0.2) is 0 Å². The third-order valence-electron chi connectivity index (χ3n) is 2.25. The molecule has 0 bridgehead atoms. The Kier molecular flexibility index (Phi) is 4.43. The van der Waals surface area contributed by atoms with Gasteiger partial charge in [-0.05, 0) is 31.2 Å². The van der Waals surface area contributed by atoms with E-state index in [9.17, 15) is 4.79 Å². The summed E-state index contributed by atoms with van der Waals surface area (Å²) in [6, 6.07) is 9.60. The molecule has 2 N–H and O–H groups in total. The highest BCUT2D eigenvalue weighted by molar-refractivity contribution is 9.10. The fourth-order valence-corrected chi connectivity index (χ4v) is 2.46. The quantitative estimate of drug-likeness (QED) is 0.848. The molecule has 2 rings (SSSR count). The highest BCUT2D eigenvalue weighted by atomic mass is 79.9. The van der Waals surface area contributed by atoms with Crippen LogP contribution in [0.4, 0.5) is 5.82 Å². The first-order chi connectivity index (χ1) is 8.65. The van der Waals surface area contributed by atoms with Gasteiger partial charge >= 0.3 is 0 Å². The van der Waals surface area contributed by atoms with Crippen LogP contribution < -0.4 is 5.32 Å². The summed E-state index contributed by atoms with van der Waals surface area (Å²) >= 11 is 4.90. The zero-order chi connectivity index (χ0) is 13.0. The van der Waals surface area contributed by atoms with E-state index in [1.807, 2.05) is 31.2 Å². The van der Waals surface area contributed by atoms with E-state index < -0.39 is 0 Å². The van der Waals surface area contributed by atoms with Crippen molar-refractivity contribution in [1.29, 1.82) is 0 Å². The fraction of sp³-hybridized carbons (Fsp3) is 0.167. The van der Waals surface area contributed by atoms with Crippen LogP contribution in [0, 0.1) is 0 Å². The summed E-state index contributed by atoms with van der Waals surface area (Å²) in [5.41, 5.74) is 0. The Bertz CT molecular complexity index is 513. The number of hydrogen-bond acceptors (Lipinski definition) is 3. The summed E-state index contributed by atoms with van der Waals surface area (Å²) in [5, 5.41) is 9.07. The van der Waals surface area contributed by atoms with Crippen LogP contribution >= 0.6 is 27.7 Å². The van der Waals surface area contributed by atoms with Crippen molar-refractivity contribution in [2.24, 2.45) is 0 Å². The highest BCUT2D eigenvalue weighted by Crippen LogP contribution is 2.25. The second-order valence-corrected chi connectivity index (χ2v) is 6.00. The van der Waals surface area contributed by atoms with Crippen molar-refractivity contribution in [3.05, 3.63) is 41.0 Å². The van der Waals surface area contributed by atoms with Gasteiger partial charge in [0.15, 0.2) is 0 Å². The normalized spacial score (nSPS) is 12.1. The van der Waals surface area contributed by atoms with Crippen molar-refractivity contribution < 1.29 is 4.79 Å². The van der Waals surface area contributed by atoms with Crippen LogP contribution in [0.2, 0.25) is 0 Å². The number of aromatic nitrogens is 2. The number of thioether (sulfide) groups is 1. The third kappa shape index (κ3) is 3.61. The van der Waals surface area contributed by atoms with Crippen LogP contribution in [0.15, 0.2) is 45.9 Å². The minimum Gasteiger partial charge on any atom is -0.310 e. The van der Waals surface area contributed by atoms with Crippen LogP contribution in [0.5, 0.6) is 0 Å². The van der Waals surface area contributed by atoms with Gasteiger partial charge in [-0.2, -0.15) is 5.10 Å². The van der Waals surface area contributed by atoms with E-state index in [0.29, 0.717) is 5.82 Å². The zero-order valence-corrected chi connectivity index (χ0v) is 12.1. The maximum Gasteiger partial charge on any atom is 0.238 e. The maximum atomic E-state index is 11.9. The Hall–Kier alpha value is -1.27. The molecule has 0 aliphatic carbocycles. The van der Waals surface area contributed by atoms with E-state index >= 15 is 0 Å². The van der Waals surface area contributed by atoms with Gasteiger partial charge in [-0.1, -0.05) is 15.9 Å². The summed E-state index contributed by atoms with van der Waals surface area (Å²) in [6.07, 6.45) is 1.60. The second kappa shape index (κ2) is 6.06. The summed E-state index contributed by atoms with van der Waals surface area (Å²) < 4.78 is 1.03. The van der Waals surface area contributed by atoms with Gasteiger partial charge in [0.1, 0.15) is 5.82 Å². The molecular weight excluding hydrogens is 314 g/mol. The van der Waals surface area contributed by atoms with Crippen LogP contribution in [0.25, 0.3) is 0 Å². The molecule has 2 aromatic rings. The summed E-state index contributed by atoms with van der Waals surface area (Å²) in [7, 11) is 0. The average molecular weight is 326 g/mol. The van der Waals surface area contributed by atoms with Gasteiger partial charge in [-0.3, -0.25) is 9.89 Å². The minimum atomic E-state index is -0.172. The van der Waals surface area contributed by atoms with Gasteiger partial charge < -0.3 is 5.32 Å². The number of nitrogens with zero attached hydrogens (tertiary/aromatic N) is 1. The molecule has 1 aromatic heterocycles. The Morgan fingerprint density at radius 2 is 2.11 bits per heavy atom. The smallest absolute Gasteiger partial charge is 0.238 e. The number of rotatable bonds is 4. The van der Waals surface area contributed by atoms with E-state index in [1.165, 1.54) is 11.8 Å². The minimum absolute atomic E-state index is 0.0489. The molecule has 94 valence electrons. The Morgan fingerprint density at radius 1 is 1.39 bits per heavy atom. The van der Waals surface area contributed by atoms with Crippen molar-refractivity contribution in [3.63, 3.8) is 0 Å². The summed E-state index contributed by atoms with van der Waals surface area (Å²) in [5.74, 6) is 0.565. The third-order valence-corrected chi connectivity index (χ3v) is 3.89. The first-order valence-corrected chi connectivity index (χ1v) is 7.05. The number of nitrogens with one attached hydrogen (secondary N) is 2. The number of amides is 1. The number of halogens is 1. The van der Waals surface area contributed by atoms with E-state index in [4.69, 9.17) is 0 Å². The summed E-state index contributed by atoms with van der Waals surface area (Å²) in [6.45, 7) is 1.87. The number of aromatic amines is 1. The molecule has 1 aromatic carbocycles. The molecule has 0 saturated heterocycles. The molecule has 0 spiro atoms. The second-order valence-electron chi connectivity index (χ2n) is 3.67. The number of benzene rings is 1. The standard InChI is InChI=1S/C12H12BrN3OS/c1-8(12(17)15-11-6-7-14-16-11)18-10-4-2-9(13)3-5-10/h2-8H,1H3,(H2,14,15,16,17)/t8-/m0/s1. The molecule has 1 amide bonds. The van der Waals surface area contributed by atoms with Crippen molar-refractivity contribution in [2.75, 3.05) is 5.32 Å². The molecule has 18 heavy (non-hydrogen) atoms. The highest BCUT2D eigenvalue weighted by Gasteiger charge is 2.14. The van der Waals surface area contributed by atoms with Crippen molar-refractivity contribution in [1.82, 2.24) is 10.2 Å². The first kappa shape index (κ1) is 13.2. The Labute approximate surface area is 118 Å². The van der Waals surface area contributed by atoms with E-state index in [2.05, 4.69) is 31.4 Å². The maximum absolute atomic E-state index is 11.9. The molecule has 0 saturated carbocycles. The van der Waals surface area contributed by atoms with Crippen molar-refractivity contribution in [3.8, 4) is 0 Å². The molecule has 0 aliphatic rings. The number of carbonyl (C=O) groups excluding carboxylic acids is 1. The summed E-state index contributed by atoms with van der Waals surface area (Å²) in [4.78, 5) is 13.0. The largest absolute Gasteiger partial charge is 0.310 e. The lowest BCUT2D eigenvalue weighted by atomic mass is 10.4. The van der Waals surface area contributed by atoms with Crippen LogP contribution in [-0.2, 0) is 4.79 Å². The Balaban J connectivity index is 1.93. The van der Waals surface area contributed by atoms with E-state index in [-0.39, 0.29) is 11.2 Å². The molecule has 0 aliphatic heterocycles. The lowest BCUT2D eigenvalue weighted by Gasteiger charge is -2.10. The molecule has 4 nitrogen and oxygen atoms in total. The molecule has 6 heteroatoms. The predicted octanol–water partition coefficient (Wildman–Crippen LogP) is 3.29.